The SMILES string of the molecule is CCCNC(C1CCCCC1)C(CCC)OCC. The molecule has 0 saturated heterocycles. The van der Waals surface area contributed by atoms with Gasteiger partial charge in [0.2, 0.25) is 0 Å². The molecule has 0 aromatic heterocycles. The molecule has 2 atom stereocenters. The lowest BCUT2D eigenvalue weighted by molar-refractivity contribution is 0.00594. The molecule has 2 heteroatoms. The lowest BCUT2D eigenvalue weighted by Gasteiger charge is -2.36. The Bertz CT molecular complexity index is 184. The van der Waals surface area contributed by atoms with Gasteiger partial charge in [0.15, 0.2) is 0 Å². The van der Waals surface area contributed by atoms with E-state index in [-0.39, 0.29) is 0 Å². The van der Waals surface area contributed by atoms with E-state index in [2.05, 4.69) is 26.1 Å². The third kappa shape index (κ3) is 5.27. The van der Waals surface area contributed by atoms with Gasteiger partial charge in [-0.05, 0) is 45.1 Å². The molecule has 0 aromatic rings. The van der Waals surface area contributed by atoms with Crippen LogP contribution in [0.15, 0.2) is 0 Å². The normalized spacial score (nSPS) is 20.8. The molecule has 108 valence electrons. The first-order valence-corrected chi connectivity index (χ1v) is 8.18. The van der Waals surface area contributed by atoms with Crippen molar-refractivity contribution in [1.82, 2.24) is 5.32 Å². The first kappa shape index (κ1) is 16.0. The predicted molar refractivity (Wildman–Crippen MR) is 79.0 cm³/mol. The molecule has 0 heterocycles. The highest BCUT2D eigenvalue weighted by atomic mass is 16.5. The van der Waals surface area contributed by atoms with Gasteiger partial charge in [0.05, 0.1) is 6.10 Å². The summed E-state index contributed by atoms with van der Waals surface area (Å²) in [5.41, 5.74) is 0. The summed E-state index contributed by atoms with van der Waals surface area (Å²) in [6.07, 6.45) is 11.1. The highest BCUT2D eigenvalue weighted by Gasteiger charge is 2.29. The van der Waals surface area contributed by atoms with Crippen LogP contribution in [-0.4, -0.2) is 25.3 Å². The molecule has 2 nitrogen and oxygen atoms in total. The first-order chi connectivity index (χ1) is 8.83. The topological polar surface area (TPSA) is 21.3 Å². The molecule has 1 fully saturated rings. The van der Waals surface area contributed by atoms with Gasteiger partial charge in [-0.3, -0.25) is 0 Å². The van der Waals surface area contributed by atoms with Gasteiger partial charge in [0.25, 0.3) is 0 Å². The number of hydrogen-bond donors (Lipinski definition) is 1. The Morgan fingerprint density at radius 1 is 1.06 bits per heavy atom. The molecule has 0 aromatic carbocycles. The minimum atomic E-state index is 0.426. The van der Waals surface area contributed by atoms with E-state index in [0.717, 1.165) is 19.1 Å². The number of nitrogens with one attached hydrogen (secondary N) is 1. The molecule has 1 N–H and O–H groups in total. The minimum Gasteiger partial charge on any atom is -0.377 e. The van der Waals surface area contributed by atoms with Gasteiger partial charge < -0.3 is 10.1 Å². The van der Waals surface area contributed by atoms with Crippen LogP contribution in [0.1, 0.15) is 72.1 Å². The minimum absolute atomic E-state index is 0.426. The maximum atomic E-state index is 6.03. The van der Waals surface area contributed by atoms with Crippen molar-refractivity contribution in [3.8, 4) is 0 Å². The summed E-state index contributed by atoms with van der Waals surface area (Å²) >= 11 is 0. The predicted octanol–water partition coefficient (Wildman–Crippen LogP) is 4.14. The second-order valence-electron chi connectivity index (χ2n) is 5.66. The van der Waals surface area contributed by atoms with Crippen LogP contribution >= 0.6 is 0 Å². The third-order valence-corrected chi connectivity index (χ3v) is 4.14. The van der Waals surface area contributed by atoms with Crippen LogP contribution in [0.2, 0.25) is 0 Å². The zero-order valence-corrected chi connectivity index (χ0v) is 12.7. The van der Waals surface area contributed by atoms with Gasteiger partial charge >= 0.3 is 0 Å². The van der Waals surface area contributed by atoms with Crippen molar-refractivity contribution in [2.24, 2.45) is 5.92 Å². The molecule has 0 aliphatic heterocycles. The second-order valence-corrected chi connectivity index (χ2v) is 5.66. The Labute approximate surface area is 114 Å². The average Bonchev–Trinajstić information content (AvgIpc) is 2.41. The van der Waals surface area contributed by atoms with Crippen molar-refractivity contribution < 1.29 is 4.74 Å². The van der Waals surface area contributed by atoms with E-state index in [0.29, 0.717) is 12.1 Å². The highest BCUT2D eigenvalue weighted by Crippen LogP contribution is 2.29. The Morgan fingerprint density at radius 3 is 2.33 bits per heavy atom. The molecule has 1 saturated carbocycles. The fraction of sp³-hybridized carbons (Fsp3) is 1.00. The van der Waals surface area contributed by atoms with Crippen molar-refractivity contribution in [3.05, 3.63) is 0 Å². The second kappa shape index (κ2) is 9.80. The Morgan fingerprint density at radius 2 is 1.78 bits per heavy atom. The zero-order chi connectivity index (χ0) is 13.2. The summed E-state index contributed by atoms with van der Waals surface area (Å²) in [7, 11) is 0. The fourth-order valence-corrected chi connectivity index (χ4v) is 3.27. The molecule has 0 bridgehead atoms. The van der Waals surface area contributed by atoms with E-state index >= 15 is 0 Å². The molecule has 0 amide bonds. The smallest absolute Gasteiger partial charge is 0.0730 e. The van der Waals surface area contributed by atoms with E-state index in [1.165, 1.54) is 51.4 Å². The van der Waals surface area contributed by atoms with Crippen molar-refractivity contribution in [2.75, 3.05) is 13.2 Å². The van der Waals surface area contributed by atoms with E-state index in [9.17, 15) is 0 Å². The summed E-state index contributed by atoms with van der Waals surface area (Å²) in [5.74, 6) is 0.841. The maximum Gasteiger partial charge on any atom is 0.0730 e. The summed E-state index contributed by atoms with van der Waals surface area (Å²) < 4.78 is 6.03. The number of ether oxygens (including phenoxy) is 1. The Hall–Kier alpha value is -0.0800. The van der Waals surface area contributed by atoms with Crippen LogP contribution in [0.5, 0.6) is 0 Å². The lowest BCUT2D eigenvalue weighted by Crippen LogP contribution is -2.47. The van der Waals surface area contributed by atoms with Gasteiger partial charge in [-0.2, -0.15) is 0 Å². The van der Waals surface area contributed by atoms with Crippen LogP contribution < -0.4 is 5.32 Å². The van der Waals surface area contributed by atoms with E-state index in [1.807, 2.05) is 0 Å². The van der Waals surface area contributed by atoms with E-state index < -0.39 is 0 Å². The molecule has 0 radical (unpaired) electrons. The third-order valence-electron chi connectivity index (χ3n) is 4.14. The lowest BCUT2D eigenvalue weighted by atomic mass is 9.81. The molecular formula is C16H33NO. The van der Waals surface area contributed by atoms with Crippen LogP contribution in [-0.2, 0) is 4.74 Å². The highest BCUT2D eigenvalue weighted by molar-refractivity contribution is 4.85. The van der Waals surface area contributed by atoms with Crippen molar-refractivity contribution in [3.63, 3.8) is 0 Å². The quantitative estimate of drug-likeness (QED) is 0.668. The van der Waals surface area contributed by atoms with Gasteiger partial charge in [-0.1, -0.05) is 39.5 Å². The molecule has 1 aliphatic carbocycles. The average molecular weight is 255 g/mol. The summed E-state index contributed by atoms with van der Waals surface area (Å²) in [6, 6.07) is 0.588. The molecule has 1 aliphatic rings. The maximum absolute atomic E-state index is 6.03. The van der Waals surface area contributed by atoms with Crippen molar-refractivity contribution in [2.45, 2.75) is 84.3 Å². The summed E-state index contributed by atoms with van der Waals surface area (Å²) in [5, 5.41) is 3.78. The van der Waals surface area contributed by atoms with E-state index in [4.69, 9.17) is 4.74 Å². The monoisotopic (exact) mass is 255 g/mol. The molecular weight excluding hydrogens is 222 g/mol. The number of rotatable bonds is 9. The van der Waals surface area contributed by atoms with Crippen LogP contribution in [0.3, 0.4) is 0 Å². The van der Waals surface area contributed by atoms with Crippen LogP contribution in [0.4, 0.5) is 0 Å². The van der Waals surface area contributed by atoms with Gasteiger partial charge in [0.1, 0.15) is 0 Å². The summed E-state index contributed by atoms with van der Waals surface area (Å²) in [4.78, 5) is 0. The van der Waals surface area contributed by atoms with Gasteiger partial charge in [0, 0.05) is 12.6 Å². The van der Waals surface area contributed by atoms with Gasteiger partial charge in [-0.15, -0.1) is 0 Å². The van der Waals surface area contributed by atoms with Crippen molar-refractivity contribution >= 4 is 0 Å². The fourth-order valence-electron chi connectivity index (χ4n) is 3.27. The summed E-state index contributed by atoms with van der Waals surface area (Å²) in [6.45, 7) is 8.63. The Kier molecular flexibility index (Phi) is 8.70. The van der Waals surface area contributed by atoms with Crippen LogP contribution in [0, 0.1) is 5.92 Å². The molecule has 18 heavy (non-hydrogen) atoms. The largest absolute Gasteiger partial charge is 0.377 e. The van der Waals surface area contributed by atoms with Gasteiger partial charge in [-0.25, -0.2) is 0 Å². The van der Waals surface area contributed by atoms with E-state index in [1.54, 1.807) is 0 Å². The first-order valence-electron chi connectivity index (χ1n) is 8.18. The molecule has 1 rings (SSSR count). The van der Waals surface area contributed by atoms with Crippen molar-refractivity contribution in [1.29, 1.82) is 0 Å². The Balaban J connectivity index is 2.59. The number of hydrogen-bond acceptors (Lipinski definition) is 2. The molecule has 0 spiro atoms. The molecule has 2 unspecified atom stereocenters. The van der Waals surface area contributed by atoms with Crippen LogP contribution in [0.25, 0.3) is 0 Å². The standard InChI is InChI=1S/C16H33NO/c1-4-10-15(18-6-3)16(17-13-5-2)14-11-8-7-9-12-14/h14-17H,4-13H2,1-3H3. The zero-order valence-electron chi connectivity index (χ0n) is 12.7.